The molecule has 1 aromatic carbocycles. The lowest BCUT2D eigenvalue weighted by Gasteiger charge is -2.27. The number of hydrogen-bond acceptors (Lipinski definition) is 7. The van der Waals surface area contributed by atoms with E-state index in [0.717, 1.165) is 4.90 Å². The highest BCUT2D eigenvalue weighted by molar-refractivity contribution is 5.91. The zero-order valence-corrected chi connectivity index (χ0v) is 18.6. The van der Waals surface area contributed by atoms with Crippen molar-refractivity contribution in [1.82, 2.24) is 15.5 Å². The molecular weight excluding hydrogens is 418 g/mol. The lowest BCUT2D eigenvalue weighted by atomic mass is 10.0. The second-order valence-electron chi connectivity index (χ2n) is 7.59. The van der Waals surface area contributed by atoms with Crippen LogP contribution in [0.25, 0.3) is 0 Å². The summed E-state index contributed by atoms with van der Waals surface area (Å²) in [6.07, 6.45) is 4.61. The molecule has 174 valence electrons. The van der Waals surface area contributed by atoms with Gasteiger partial charge in [-0.05, 0) is 45.4 Å². The summed E-state index contributed by atoms with van der Waals surface area (Å²) in [6, 6.07) is 6.51. The third-order valence-corrected chi connectivity index (χ3v) is 3.82. The fraction of sp³-hybridized carbons (Fsp3) is 0.455. The number of hydrogen-bond donors (Lipinski definition) is 3. The Hall–Kier alpha value is -3.74. The summed E-state index contributed by atoms with van der Waals surface area (Å²) < 4.78 is 9.88. The van der Waals surface area contributed by atoms with Crippen LogP contribution in [0, 0.1) is 12.5 Å². The summed E-state index contributed by atoms with van der Waals surface area (Å²) in [7, 11) is 0. The fourth-order valence-electron chi connectivity index (χ4n) is 2.57. The van der Waals surface area contributed by atoms with E-state index in [9.17, 15) is 24.3 Å². The van der Waals surface area contributed by atoms with Crippen LogP contribution in [0.1, 0.15) is 45.7 Å². The molecule has 1 rings (SSSR count). The van der Waals surface area contributed by atoms with E-state index in [1.807, 2.05) is 0 Å². The molecule has 0 spiro atoms. The summed E-state index contributed by atoms with van der Waals surface area (Å²) in [5.74, 6) is -2.06. The number of nitrogens with zero attached hydrogens (tertiary/aromatic N) is 1. The molecule has 0 saturated heterocycles. The van der Waals surface area contributed by atoms with Gasteiger partial charge in [0, 0.05) is 12.6 Å². The average Bonchev–Trinajstić information content (AvgIpc) is 2.68. The molecule has 0 heterocycles. The smallest absolute Gasteiger partial charge is 0.408 e. The number of nitrogens with one attached hydrogen (secondary N) is 2. The maximum absolute atomic E-state index is 12.9. The largest absolute Gasteiger partial charge is 0.508 e. The SMILES string of the molecule is C#CN(C(=O)CNC(=O)OC(C)(C)C)C(C(=O)NCCC(=O)OCC)c1cccc(O)c1. The highest BCUT2D eigenvalue weighted by Gasteiger charge is 2.31. The normalized spacial score (nSPS) is 11.5. The summed E-state index contributed by atoms with van der Waals surface area (Å²) in [4.78, 5) is 49.7. The van der Waals surface area contributed by atoms with Crippen molar-refractivity contribution in [2.45, 2.75) is 45.8 Å². The summed E-state index contributed by atoms with van der Waals surface area (Å²) in [5.41, 5.74) is -0.524. The zero-order chi connectivity index (χ0) is 24.3. The fourth-order valence-corrected chi connectivity index (χ4v) is 2.57. The van der Waals surface area contributed by atoms with Crippen LogP contribution in [0.4, 0.5) is 4.79 Å². The quantitative estimate of drug-likeness (QED) is 0.296. The molecule has 0 aromatic heterocycles. The highest BCUT2D eigenvalue weighted by atomic mass is 16.6. The van der Waals surface area contributed by atoms with E-state index in [1.54, 1.807) is 27.7 Å². The molecule has 0 fully saturated rings. The van der Waals surface area contributed by atoms with Gasteiger partial charge in [-0.25, -0.2) is 4.79 Å². The van der Waals surface area contributed by atoms with E-state index in [0.29, 0.717) is 0 Å². The van der Waals surface area contributed by atoms with Gasteiger partial charge in [-0.1, -0.05) is 18.6 Å². The Morgan fingerprint density at radius 2 is 1.91 bits per heavy atom. The predicted molar refractivity (Wildman–Crippen MR) is 115 cm³/mol. The van der Waals surface area contributed by atoms with Gasteiger partial charge in [0.05, 0.1) is 13.0 Å². The van der Waals surface area contributed by atoms with E-state index >= 15 is 0 Å². The number of amides is 3. The van der Waals surface area contributed by atoms with E-state index in [4.69, 9.17) is 15.9 Å². The lowest BCUT2D eigenvalue weighted by molar-refractivity contribution is -0.143. The van der Waals surface area contributed by atoms with Crippen LogP contribution in [-0.4, -0.2) is 59.2 Å². The first-order valence-corrected chi connectivity index (χ1v) is 9.96. The third-order valence-electron chi connectivity index (χ3n) is 3.82. The monoisotopic (exact) mass is 447 g/mol. The second-order valence-corrected chi connectivity index (χ2v) is 7.59. The Kier molecular flexibility index (Phi) is 10.0. The van der Waals surface area contributed by atoms with Crippen LogP contribution in [0.2, 0.25) is 0 Å². The van der Waals surface area contributed by atoms with Crippen LogP contribution in [-0.2, 0) is 23.9 Å². The first-order chi connectivity index (χ1) is 15.0. The third kappa shape index (κ3) is 8.95. The lowest BCUT2D eigenvalue weighted by Crippen LogP contribution is -2.46. The Labute approximate surface area is 187 Å². The number of phenolic OH excluding ortho intramolecular Hbond substituents is 1. The topological polar surface area (TPSA) is 134 Å². The van der Waals surface area contributed by atoms with Crippen LogP contribution in [0.3, 0.4) is 0 Å². The molecule has 32 heavy (non-hydrogen) atoms. The molecule has 10 heteroatoms. The van der Waals surface area contributed by atoms with Gasteiger partial charge < -0.3 is 25.2 Å². The van der Waals surface area contributed by atoms with Crippen LogP contribution < -0.4 is 10.6 Å². The summed E-state index contributed by atoms with van der Waals surface area (Å²) in [6.45, 7) is 6.31. The zero-order valence-electron chi connectivity index (χ0n) is 18.6. The van der Waals surface area contributed by atoms with Gasteiger partial charge in [0.2, 0.25) is 5.91 Å². The number of carbonyl (C=O) groups excluding carboxylic acids is 4. The Morgan fingerprint density at radius 1 is 1.22 bits per heavy atom. The molecule has 3 N–H and O–H groups in total. The van der Waals surface area contributed by atoms with Crippen molar-refractivity contribution in [3.8, 4) is 18.2 Å². The second kappa shape index (κ2) is 12.2. The van der Waals surface area contributed by atoms with Gasteiger partial charge in [-0.3, -0.25) is 19.3 Å². The number of esters is 1. The van der Waals surface area contributed by atoms with Crippen LogP contribution in [0.15, 0.2) is 24.3 Å². The Balaban J connectivity index is 2.99. The molecular formula is C22H29N3O7. The minimum absolute atomic E-state index is 0.0459. The number of phenols is 1. The van der Waals surface area contributed by atoms with Crippen molar-refractivity contribution in [3.05, 3.63) is 29.8 Å². The van der Waals surface area contributed by atoms with Gasteiger partial charge in [0.1, 0.15) is 23.9 Å². The maximum Gasteiger partial charge on any atom is 0.408 e. The minimum Gasteiger partial charge on any atom is -0.508 e. The van der Waals surface area contributed by atoms with E-state index in [1.165, 1.54) is 24.3 Å². The summed E-state index contributed by atoms with van der Waals surface area (Å²) >= 11 is 0. The molecule has 1 atom stereocenters. The molecule has 0 bridgehead atoms. The highest BCUT2D eigenvalue weighted by Crippen LogP contribution is 2.24. The maximum atomic E-state index is 12.9. The standard InChI is InChI=1S/C22H29N3O7/c1-6-25(17(27)14-24-21(30)32-22(3,4)5)19(15-9-8-10-16(26)13-15)20(29)23-12-11-18(28)31-7-2/h1,8-10,13,19,26H,7,11-12,14H2,2-5H3,(H,23,29)(H,24,30). The number of rotatable bonds is 9. The molecule has 0 aliphatic heterocycles. The average molecular weight is 447 g/mol. The van der Waals surface area contributed by atoms with Crippen molar-refractivity contribution < 1.29 is 33.8 Å². The van der Waals surface area contributed by atoms with Crippen molar-refractivity contribution >= 4 is 23.9 Å². The number of benzene rings is 1. The first kappa shape index (κ1) is 26.3. The van der Waals surface area contributed by atoms with Crippen molar-refractivity contribution in [2.75, 3.05) is 19.7 Å². The number of carbonyl (C=O) groups is 4. The van der Waals surface area contributed by atoms with Crippen LogP contribution in [0.5, 0.6) is 5.75 Å². The molecule has 1 unspecified atom stereocenters. The number of alkyl carbamates (subject to hydrolysis) is 1. The van der Waals surface area contributed by atoms with Crippen molar-refractivity contribution in [1.29, 1.82) is 0 Å². The van der Waals surface area contributed by atoms with E-state index in [2.05, 4.69) is 16.7 Å². The Morgan fingerprint density at radius 3 is 2.47 bits per heavy atom. The number of ether oxygens (including phenoxy) is 2. The molecule has 0 saturated carbocycles. The molecule has 0 radical (unpaired) electrons. The molecule has 0 aliphatic rings. The van der Waals surface area contributed by atoms with Crippen molar-refractivity contribution in [2.24, 2.45) is 0 Å². The van der Waals surface area contributed by atoms with Gasteiger partial charge in [-0.15, -0.1) is 0 Å². The summed E-state index contributed by atoms with van der Waals surface area (Å²) in [5, 5.41) is 14.6. The molecule has 10 nitrogen and oxygen atoms in total. The first-order valence-electron chi connectivity index (χ1n) is 9.96. The number of aromatic hydroxyl groups is 1. The van der Waals surface area contributed by atoms with Crippen molar-refractivity contribution in [3.63, 3.8) is 0 Å². The Bertz CT molecular complexity index is 871. The minimum atomic E-state index is -1.32. The molecule has 1 aromatic rings. The van der Waals surface area contributed by atoms with Gasteiger partial charge >= 0.3 is 12.1 Å². The van der Waals surface area contributed by atoms with Gasteiger partial charge in [0.25, 0.3) is 5.91 Å². The van der Waals surface area contributed by atoms with Gasteiger partial charge in [-0.2, -0.15) is 0 Å². The molecule has 3 amide bonds. The van der Waals surface area contributed by atoms with E-state index < -0.39 is 42.1 Å². The number of terminal acetylenes is 1. The van der Waals surface area contributed by atoms with Gasteiger partial charge in [0.15, 0.2) is 0 Å². The predicted octanol–water partition coefficient (Wildman–Crippen LogP) is 1.45. The van der Waals surface area contributed by atoms with Crippen LogP contribution >= 0.6 is 0 Å². The van der Waals surface area contributed by atoms with E-state index in [-0.39, 0.29) is 30.9 Å². The molecule has 0 aliphatic carbocycles.